The fourth-order valence-corrected chi connectivity index (χ4v) is 7.42. The third kappa shape index (κ3) is 3.71. The van der Waals surface area contributed by atoms with Gasteiger partial charge in [0.25, 0.3) is 0 Å². The lowest BCUT2D eigenvalue weighted by Crippen LogP contribution is -2.52. The van der Waals surface area contributed by atoms with Crippen LogP contribution in [0.5, 0.6) is 0 Å². The predicted octanol–water partition coefficient (Wildman–Crippen LogP) is 3.03. The lowest BCUT2D eigenvalue weighted by molar-refractivity contribution is -0.147. The number of hydrogen-bond donors (Lipinski definition) is 1. The molecule has 0 amide bonds. The number of fused-ring (bicyclic) bond motifs is 3. The highest BCUT2D eigenvalue weighted by atomic mass is 16.8. The van der Waals surface area contributed by atoms with Gasteiger partial charge >= 0.3 is 5.97 Å². The molecular formula is C25H34N3O5-. The molecule has 5 aliphatic rings. The molecule has 1 aromatic carbocycles. The summed E-state index contributed by atoms with van der Waals surface area (Å²) >= 11 is 0. The van der Waals surface area contributed by atoms with Gasteiger partial charge in [0.05, 0.1) is 23.8 Å². The second-order valence-corrected chi connectivity index (χ2v) is 11.2. The third-order valence-corrected chi connectivity index (χ3v) is 9.34. The van der Waals surface area contributed by atoms with Gasteiger partial charge < -0.3 is 24.8 Å². The second kappa shape index (κ2) is 7.83. The van der Waals surface area contributed by atoms with Crippen LogP contribution < -0.4 is 10.1 Å². The molecule has 1 N–H and O–H groups in total. The number of benzene rings is 1. The highest BCUT2D eigenvalue weighted by Crippen LogP contribution is 2.62. The first kappa shape index (κ1) is 21.6. The highest BCUT2D eigenvalue weighted by Gasteiger charge is 2.65. The van der Waals surface area contributed by atoms with E-state index in [1.165, 1.54) is 19.3 Å². The van der Waals surface area contributed by atoms with Gasteiger partial charge in [0.2, 0.25) is 0 Å². The van der Waals surface area contributed by atoms with Crippen molar-refractivity contribution in [2.24, 2.45) is 23.2 Å². The van der Waals surface area contributed by atoms with Gasteiger partial charge in [0.15, 0.2) is 0 Å². The monoisotopic (exact) mass is 456 g/mol. The minimum atomic E-state index is -0.117. The molecule has 3 heterocycles. The van der Waals surface area contributed by atoms with Crippen molar-refractivity contribution in [3.8, 4) is 0 Å². The lowest BCUT2D eigenvalue weighted by Gasteiger charge is -2.51. The first-order chi connectivity index (χ1) is 15.9. The Morgan fingerprint density at radius 3 is 2.58 bits per heavy atom. The Morgan fingerprint density at radius 2 is 1.91 bits per heavy atom. The summed E-state index contributed by atoms with van der Waals surface area (Å²) in [6.45, 7) is 7.60. The number of esters is 1. The molecule has 2 saturated carbocycles. The van der Waals surface area contributed by atoms with Crippen LogP contribution in [0.2, 0.25) is 0 Å². The summed E-state index contributed by atoms with van der Waals surface area (Å²) in [6, 6.07) is 6.98. The molecule has 5 fully saturated rings. The average Bonchev–Trinajstić information content (AvgIpc) is 3.51. The zero-order valence-corrected chi connectivity index (χ0v) is 19.3. The minimum Gasteiger partial charge on any atom is -0.733 e. The van der Waals surface area contributed by atoms with Crippen molar-refractivity contribution in [1.29, 1.82) is 0 Å². The van der Waals surface area contributed by atoms with Gasteiger partial charge in [-0.15, -0.1) is 0 Å². The Bertz CT molecular complexity index is 896. The fourth-order valence-electron chi connectivity index (χ4n) is 7.42. The van der Waals surface area contributed by atoms with Crippen molar-refractivity contribution in [3.63, 3.8) is 0 Å². The maximum atomic E-state index is 12.9. The topological polar surface area (TPSA) is 91.8 Å². The number of carbonyl (C=O) groups is 1. The standard InChI is InChI=1S/C25H34N3O5/c1-24-7-2-8-25(16-32-25)22(24)13-19-20(23(29)33-21(19)14-24)15-26-9-11-27(12-10-26)17-3-5-18(6-4-17)28(30)31/h3-6,19-22,30H,2,7-16H2,1H3/q-1/t19-,20+,21+,22+,24+,25-/m0/s1. The molecule has 0 unspecified atom stereocenters. The predicted molar refractivity (Wildman–Crippen MR) is 123 cm³/mol. The van der Waals surface area contributed by atoms with Gasteiger partial charge in [-0.1, -0.05) is 6.92 Å². The first-order valence-electron chi connectivity index (χ1n) is 12.4. The fraction of sp³-hybridized carbons (Fsp3) is 0.720. The highest BCUT2D eigenvalue weighted by molar-refractivity contribution is 5.75. The van der Waals surface area contributed by atoms with Gasteiger partial charge in [-0.05, 0) is 67.7 Å². The molecule has 6 atom stereocenters. The number of piperazine rings is 1. The van der Waals surface area contributed by atoms with Gasteiger partial charge in [-0.2, -0.15) is 0 Å². The molecule has 0 aromatic heterocycles. The quantitative estimate of drug-likeness (QED) is 0.420. The molecule has 1 aromatic rings. The van der Waals surface area contributed by atoms with E-state index in [2.05, 4.69) is 16.7 Å². The molecule has 3 saturated heterocycles. The van der Waals surface area contributed by atoms with Gasteiger partial charge in [-0.3, -0.25) is 14.9 Å². The summed E-state index contributed by atoms with van der Waals surface area (Å²) in [5, 5.41) is 19.9. The van der Waals surface area contributed by atoms with Crippen molar-refractivity contribution in [3.05, 3.63) is 29.5 Å². The summed E-state index contributed by atoms with van der Waals surface area (Å²) in [4.78, 5) is 17.6. The molecule has 8 heteroatoms. The number of anilines is 2. The van der Waals surface area contributed by atoms with Crippen LogP contribution in [-0.4, -0.2) is 67.1 Å². The zero-order valence-electron chi connectivity index (χ0n) is 19.3. The van der Waals surface area contributed by atoms with Crippen molar-refractivity contribution < 1.29 is 19.5 Å². The number of epoxide rings is 1. The lowest BCUT2D eigenvalue weighted by atomic mass is 9.53. The second-order valence-electron chi connectivity index (χ2n) is 11.2. The molecule has 0 bridgehead atoms. The number of nitrogens with zero attached hydrogens (tertiary/aromatic N) is 3. The van der Waals surface area contributed by atoms with E-state index in [1.54, 1.807) is 12.1 Å². The summed E-state index contributed by atoms with van der Waals surface area (Å²) in [7, 11) is 0. The average molecular weight is 457 g/mol. The van der Waals surface area contributed by atoms with E-state index in [0.29, 0.717) is 11.8 Å². The van der Waals surface area contributed by atoms with Crippen LogP contribution in [-0.2, 0) is 14.3 Å². The molecule has 3 aliphatic heterocycles. The SMILES string of the molecule is C[C@]12CCC[C@]3(CO3)[C@@H]1C[C@@H]1[C@@H](C2)OC(=O)[C@@H]1CN1CCN(c2ccc(N([O-])O)cc2)CC1. The normalized spacial score (nSPS) is 40.3. The van der Waals surface area contributed by atoms with E-state index in [9.17, 15) is 10.0 Å². The van der Waals surface area contributed by atoms with Crippen molar-refractivity contribution in [2.45, 2.75) is 50.7 Å². The van der Waals surface area contributed by atoms with Crippen molar-refractivity contribution >= 4 is 17.3 Å². The third-order valence-electron chi connectivity index (χ3n) is 9.34. The molecule has 0 radical (unpaired) electrons. The number of carbonyl (C=O) groups excluding carboxylic acids is 1. The number of hydrogen-bond acceptors (Lipinski definition) is 8. The Hall–Kier alpha value is -1.87. The van der Waals surface area contributed by atoms with Crippen LogP contribution in [0.4, 0.5) is 11.4 Å². The molecule has 180 valence electrons. The van der Waals surface area contributed by atoms with E-state index < -0.39 is 0 Å². The summed E-state index contributed by atoms with van der Waals surface area (Å²) in [5.41, 5.74) is 1.60. The maximum Gasteiger partial charge on any atom is 0.310 e. The minimum absolute atomic E-state index is 0.00204. The van der Waals surface area contributed by atoms with Crippen LogP contribution in [0.25, 0.3) is 0 Å². The molecule has 33 heavy (non-hydrogen) atoms. The maximum absolute atomic E-state index is 12.9. The van der Waals surface area contributed by atoms with Crippen LogP contribution in [0.1, 0.15) is 39.0 Å². The van der Waals surface area contributed by atoms with Gasteiger partial charge in [-0.25, -0.2) is 0 Å². The molecule has 1 spiro atoms. The van der Waals surface area contributed by atoms with Gasteiger partial charge in [0.1, 0.15) is 6.10 Å². The van der Waals surface area contributed by atoms with E-state index >= 15 is 0 Å². The zero-order chi connectivity index (χ0) is 22.8. The van der Waals surface area contributed by atoms with E-state index in [1.807, 2.05) is 12.1 Å². The van der Waals surface area contributed by atoms with Gasteiger partial charge in [0, 0.05) is 44.3 Å². The van der Waals surface area contributed by atoms with Crippen LogP contribution in [0, 0.1) is 28.4 Å². The Balaban J connectivity index is 1.09. The molecule has 6 rings (SSSR count). The Labute approximate surface area is 195 Å². The summed E-state index contributed by atoms with van der Waals surface area (Å²) in [5.74, 6) is 0.840. The molecule has 2 aliphatic carbocycles. The summed E-state index contributed by atoms with van der Waals surface area (Å²) < 4.78 is 12.0. The number of rotatable bonds is 4. The van der Waals surface area contributed by atoms with Crippen molar-refractivity contribution in [1.82, 2.24) is 4.90 Å². The van der Waals surface area contributed by atoms with Crippen LogP contribution >= 0.6 is 0 Å². The van der Waals surface area contributed by atoms with E-state index in [4.69, 9.17) is 14.7 Å². The molecule has 8 nitrogen and oxygen atoms in total. The largest absolute Gasteiger partial charge is 0.733 e. The van der Waals surface area contributed by atoms with Crippen molar-refractivity contribution in [2.75, 3.05) is 49.5 Å². The smallest absolute Gasteiger partial charge is 0.310 e. The summed E-state index contributed by atoms with van der Waals surface area (Å²) in [6.07, 6.45) is 5.76. The van der Waals surface area contributed by atoms with E-state index in [-0.39, 0.29) is 39.9 Å². The Morgan fingerprint density at radius 1 is 1.18 bits per heavy atom. The first-order valence-corrected chi connectivity index (χ1v) is 12.4. The Kier molecular flexibility index (Phi) is 5.14. The van der Waals surface area contributed by atoms with Crippen LogP contribution in [0.15, 0.2) is 24.3 Å². The number of ether oxygens (including phenoxy) is 2. The van der Waals surface area contributed by atoms with Crippen LogP contribution in [0.3, 0.4) is 0 Å². The molecular weight excluding hydrogens is 422 g/mol. The van der Waals surface area contributed by atoms with E-state index in [0.717, 1.165) is 57.9 Å².